The number of urea groups is 1. The average molecular weight is 379 g/mol. The molecule has 1 heterocycles. The minimum absolute atomic E-state index is 0.181. The van der Waals surface area contributed by atoms with Crippen LogP contribution in [-0.2, 0) is 0 Å². The zero-order valence-corrected chi connectivity index (χ0v) is 16.1. The summed E-state index contributed by atoms with van der Waals surface area (Å²) in [5, 5.41) is 22.2. The topological polar surface area (TPSA) is 85.6 Å². The van der Waals surface area contributed by atoms with Gasteiger partial charge in [0.15, 0.2) is 0 Å². The van der Waals surface area contributed by atoms with Crippen LogP contribution in [0.3, 0.4) is 0 Å². The molecule has 2 N–H and O–H groups in total. The van der Waals surface area contributed by atoms with E-state index in [9.17, 15) is 15.2 Å². The van der Waals surface area contributed by atoms with Crippen LogP contribution in [-0.4, -0.2) is 48.4 Å². The number of aliphatic hydroxyl groups excluding tert-OH is 1. The molecular weight excluding hydrogens is 354 g/mol. The molecule has 6 heteroatoms. The number of aliphatic hydroxyl groups is 1. The van der Waals surface area contributed by atoms with Crippen molar-refractivity contribution in [2.45, 2.75) is 31.3 Å². The Morgan fingerprint density at radius 1 is 1.25 bits per heavy atom. The maximum Gasteiger partial charge on any atom is 0.318 e. The summed E-state index contributed by atoms with van der Waals surface area (Å²) in [7, 11) is 1.64. The number of benzene rings is 2. The third-order valence-corrected chi connectivity index (χ3v) is 5.19. The van der Waals surface area contributed by atoms with E-state index >= 15 is 0 Å². The Labute approximate surface area is 165 Å². The van der Waals surface area contributed by atoms with Crippen LogP contribution in [0.25, 0.3) is 11.1 Å². The molecule has 0 aromatic heterocycles. The minimum Gasteiger partial charge on any atom is -0.497 e. The molecule has 0 spiro atoms. The third kappa shape index (κ3) is 3.67. The lowest BCUT2D eigenvalue weighted by atomic mass is 9.76. The summed E-state index contributed by atoms with van der Waals surface area (Å²) in [6.45, 7) is 2.33. The van der Waals surface area contributed by atoms with E-state index in [-0.39, 0.29) is 18.6 Å². The number of nitrogens with one attached hydrogen (secondary N) is 1. The highest BCUT2D eigenvalue weighted by molar-refractivity contribution is 5.77. The van der Waals surface area contributed by atoms with E-state index in [1.807, 2.05) is 55.5 Å². The van der Waals surface area contributed by atoms with Gasteiger partial charge in [-0.2, -0.15) is 5.26 Å². The second-order valence-corrected chi connectivity index (χ2v) is 6.84. The molecule has 3 rings (SSSR count). The highest BCUT2D eigenvalue weighted by Gasteiger charge is 2.51. The lowest BCUT2D eigenvalue weighted by Crippen LogP contribution is -2.67. The molecule has 1 aliphatic rings. The van der Waals surface area contributed by atoms with E-state index in [1.54, 1.807) is 7.11 Å². The maximum atomic E-state index is 12.3. The highest BCUT2D eigenvalue weighted by Crippen LogP contribution is 2.41. The van der Waals surface area contributed by atoms with Gasteiger partial charge in [-0.15, -0.1) is 0 Å². The van der Waals surface area contributed by atoms with E-state index < -0.39 is 12.1 Å². The Morgan fingerprint density at radius 3 is 2.61 bits per heavy atom. The van der Waals surface area contributed by atoms with Crippen molar-refractivity contribution >= 4 is 6.03 Å². The summed E-state index contributed by atoms with van der Waals surface area (Å²) >= 11 is 0. The lowest BCUT2D eigenvalue weighted by molar-refractivity contribution is 0.0169. The normalized spacial score (nSPS) is 20.8. The number of rotatable bonds is 6. The number of nitrogens with zero attached hydrogens (tertiary/aromatic N) is 2. The number of nitriles is 1. The molecule has 1 saturated heterocycles. The zero-order chi connectivity index (χ0) is 20.1. The van der Waals surface area contributed by atoms with Crippen LogP contribution in [0.4, 0.5) is 4.79 Å². The van der Waals surface area contributed by atoms with Gasteiger partial charge < -0.3 is 20.1 Å². The molecule has 2 aromatic rings. The molecule has 0 aliphatic carbocycles. The van der Waals surface area contributed by atoms with Crippen LogP contribution in [0, 0.1) is 11.3 Å². The van der Waals surface area contributed by atoms with Crippen molar-refractivity contribution in [3.63, 3.8) is 0 Å². The maximum absolute atomic E-state index is 12.3. The van der Waals surface area contributed by atoms with Crippen LogP contribution in [0.5, 0.6) is 5.75 Å². The van der Waals surface area contributed by atoms with Gasteiger partial charge in [-0.05, 0) is 35.2 Å². The van der Waals surface area contributed by atoms with Crippen LogP contribution < -0.4 is 10.1 Å². The Balaban J connectivity index is 1.80. The molecule has 146 valence electrons. The molecular formula is C22H25N3O3. The van der Waals surface area contributed by atoms with Crippen molar-refractivity contribution in [2.75, 3.05) is 20.3 Å². The molecule has 0 unspecified atom stereocenters. The Bertz CT molecular complexity index is 860. The number of likely N-dealkylation sites (tertiary alicyclic amines) is 1. The smallest absolute Gasteiger partial charge is 0.318 e. The lowest BCUT2D eigenvalue weighted by Gasteiger charge is -2.51. The first kappa shape index (κ1) is 19.7. The largest absolute Gasteiger partial charge is 0.497 e. The molecule has 1 aliphatic heterocycles. The molecule has 2 amide bonds. The highest BCUT2D eigenvalue weighted by atomic mass is 16.5. The van der Waals surface area contributed by atoms with Crippen LogP contribution in [0.15, 0.2) is 48.5 Å². The predicted octanol–water partition coefficient (Wildman–Crippen LogP) is 3.13. The van der Waals surface area contributed by atoms with Gasteiger partial charge in [-0.1, -0.05) is 43.3 Å². The minimum atomic E-state index is -0.586. The van der Waals surface area contributed by atoms with E-state index in [1.165, 1.54) is 4.90 Å². The summed E-state index contributed by atoms with van der Waals surface area (Å²) in [6.07, 6.45) is 0.815. The van der Waals surface area contributed by atoms with E-state index in [0.717, 1.165) is 28.9 Å². The van der Waals surface area contributed by atoms with Crippen LogP contribution in [0.1, 0.15) is 24.8 Å². The molecule has 3 atom stereocenters. The number of methoxy groups -OCH3 is 1. The zero-order valence-electron chi connectivity index (χ0n) is 16.1. The monoisotopic (exact) mass is 379 g/mol. The number of hydrogen-bond acceptors (Lipinski definition) is 4. The molecule has 1 fully saturated rings. The van der Waals surface area contributed by atoms with E-state index in [2.05, 4.69) is 11.4 Å². The van der Waals surface area contributed by atoms with Gasteiger partial charge in [0.25, 0.3) is 0 Å². The predicted molar refractivity (Wildman–Crippen MR) is 107 cm³/mol. The molecule has 0 saturated carbocycles. The van der Waals surface area contributed by atoms with Crippen molar-refractivity contribution < 1.29 is 14.6 Å². The van der Waals surface area contributed by atoms with Crippen LogP contribution in [0.2, 0.25) is 0 Å². The molecule has 0 radical (unpaired) electrons. The van der Waals surface area contributed by atoms with Gasteiger partial charge in [0.05, 0.1) is 25.8 Å². The van der Waals surface area contributed by atoms with Crippen molar-refractivity contribution in [3.8, 4) is 22.9 Å². The summed E-state index contributed by atoms with van der Waals surface area (Å²) in [5.41, 5.74) is 3.01. The Hall–Kier alpha value is -3.04. The number of carbonyl (C=O) groups is 1. The second-order valence-electron chi connectivity index (χ2n) is 6.84. The van der Waals surface area contributed by atoms with Gasteiger partial charge in [0.2, 0.25) is 0 Å². The summed E-state index contributed by atoms with van der Waals surface area (Å²) in [6, 6.07) is 16.7. The van der Waals surface area contributed by atoms with Crippen LogP contribution >= 0.6 is 0 Å². The fraction of sp³-hybridized carbons (Fsp3) is 0.364. The Morgan fingerprint density at radius 2 is 2.00 bits per heavy atom. The first-order valence-corrected chi connectivity index (χ1v) is 9.45. The second kappa shape index (κ2) is 8.77. The molecule has 2 aromatic carbocycles. The van der Waals surface area contributed by atoms with E-state index in [0.29, 0.717) is 6.54 Å². The van der Waals surface area contributed by atoms with Gasteiger partial charge in [0.1, 0.15) is 11.8 Å². The van der Waals surface area contributed by atoms with E-state index in [4.69, 9.17) is 4.74 Å². The number of amides is 2. The Kier molecular flexibility index (Phi) is 6.17. The average Bonchev–Trinajstić information content (AvgIpc) is 2.72. The summed E-state index contributed by atoms with van der Waals surface area (Å²) < 4.78 is 5.28. The van der Waals surface area contributed by atoms with Crippen molar-refractivity contribution in [3.05, 3.63) is 54.1 Å². The first-order valence-electron chi connectivity index (χ1n) is 9.45. The number of ether oxygens (including phenoxy) is 1. The van der Waals surface area contributed by atoms with Crippen molar-refractivity contribution in [2.24, 2.45) is 0 Å². The fourth-order valence-electron chi connectivity index (χ4n) is 3.71. The summed E-state index contributed by atoms with van der Waals surface area (Å²) in [4.78, 5) is 13.8. The first-order chi connectivity index (χ1) is 13.6. The standard InChI is InChI=1S/C22H25N3O3/c1-3-11-24-22(27)25-19(13-23)21(20(25)14-26)16-9-7-15(8-10-16)17-5-4-6-18(12-17)28-2/h4-10,12,19-21,26H,3,11,14H2,1-2H3,(H,24,27)/t19-,20-,21+/m0/s1. The van der Waals surface area contributed by atoms with Gasteiger partial charge in [-0.25, -0.2) is 4.79 Å². The van der Waals surface area contributed by atoms with Gasteiger partial charge in [-0.3, -0.25) is 0 Å². The fourth-order valence-corrected chi connectivity index (χ4v) is 3.71. The molecule has 0 bridgehead atoms. The van der Waals surface area contributed by atoms with Crippen molar-refractivity contribution in [1.29, 1.82) is 5.26 Å². The van der Waals surface area contributed by atoms with Crippen molar-refractivity contribution in [1.82, 2.24) is 10.2 Å². The number of hydrogen-bond donors (Lipinski definition) is 2. The van der Waals surface area contributed by atoms with Gasteiger partial charge in [0, 0.05) is 12.5 Å². The SMILES string of the molecule is CCCNC(=O)N1[C@@H](C#N)[C@@H](c2ccc(-c3cccc(OC)c3)cc2)[C@@H]1CO. The van der Waals surface area contributed by atoms with Gasteiger partial charge >= 0.3 is 6.03 Å². The molecule has 6 nitrogen and oxygen atoms in total. The summed E-state index contributed by atoms with van der Waals surface area (Å²) in [5.74, 6) is 0.584. The quantitative estimate of drug-likeness (QED) is 0.807. The molecule has 28 heavy (non-hydrogen) atoms. The third-order valence-electron chi connectivity index (χ3n) is 5.19. The number of carbonyl (C=O) groups excluding carboxylic acids is 1.